The number of anilines is 1. The van der Waals surface area contributed by atoms with Gasteiger partial charge in [0.25, 0.3) is 5.97 Å². The molecule has 152 valence electrons. The zero-order valence-electron chi connectivity index (χ0n) is 17.2. The fourth-order valence-corrected chi connectivity index (χ4v) is 4.10. The molecule has 0 amide bonds. The fraction of sp³-hybridized carbons (Fsp3) is 0.714. The van der Waals surface area contributed by atoms with E-state index in [0.717, 1.165) is 58.8 Å². The second-order valence-corrected chi connectivity index (χ2v) is 8.76. The van der Waals surface area contributed by atoms with Crippen LogP contribution < -0.4 is 4.90 Å². The number of nitrogens with zero attached hydrogens (tertiary/aromatic N) is 3. The van der Waals surface area contributed by atoms with Crippen LogP contribution in [0.2, 0.25) is 0 Å². The standard InChI is InChI=1S/C19H31N3O.C2H4O2/c1-18(2,3)19(23)8-4-16(5-9-19)21-12-14-22(15-13-21)17-6-10-20-11-7-17;1-2(3)4/h6-7,10-11,16,23H,4-5,8-9,12-15H2,1-3H3;1H3,(H,3,4). The predicted molar refractivity (Wildman–Crippen MR) is 108 cm³/mol. The number of hydrogen-bond acceptors (Lipinski definition) is 5. The van der Waals surface area contributed by atoms with Crippen LogP contribution in [-0.2, 0) is 4.79 Å². The van der Waals surface area contributed by atoms with E-state index < -0.39 is 11.6 Å². The molecule has 0 atom stereocenters. The molecule has 1 aromatic heterocycles. The Morgan fingerprint density at radius 3 is 2.04 bits per heavy atom. The topological polar surface area (TPSA) is 76.9 Å². The molecular weight excluding hydrogens is 342 g/mol. The second-order valence-electron chi connectivity index (χ2n) is 8.76. The summed E-state index contributed by atoms with van der Waals surface area (Å²) < 4.78 is 0. The second kappa shape index (κ2) is 9.02. The summed E-state index contributed by atoms with van der Waals surface area (Å²) in [5.41, 5.74) is 0.783. The van der Waals surface area contributed by atoms with Gasteiger partial charge < -0.3 is 15.1 Å². The average molecular weight is 378 g/mol. The summed E-state index contributed by atoms with van der Waals surface area (Å²) in [6.07, 6.45) is 7.87. The molecule has 0 bridgehead atoms. The van der Waals surface area contributed by atoms with Gasteiger partial charge in [-0.1, -0.05) is 20.8 Å². The van der Waals surface area contributed by atoms with E-state index in [2.05, 4.69) is 47.7 Å². The molecule has 0 aromatic carbocycles. The van der Waals surface area contributed by atoms with Gasteiger partial charge in [-0.05, 0) is 43.2 Å². The van der Waals surface area contributed by atoms with Crippen molar-refractivity contribution in [2.75, 3.05) is 31.1 Å². The molecule has 0 unspecified atom stereocenters. The molecule has 1 saturated heterocycles. The molecular formula is C21H35N3O3. The molecule has 2 fully saturated rings. The number of aliphatic hydroxyl groups is 1. The third kappa shape index (κ3) is 5.91. The first-order valence-corrected chi connectivity index (χ1v) is 9.93. The van der Waals surface area contributed by atoms with Crippen molar-refractivity contribution < 1.29 is 15.0 Å². The molecule has 6 heteroatoms. The van der Waals surface area contributed by atoms with E-state index in [1.807, 2.05) is 12.4 Å². The van der Waals surface area contributed by atoms with Gasteiger partial charge in [-0.3, -0.25) is 14.7 Å². The van der Waals surface area contributed by atoms with E-state index >= 15 is 0 Å². The number of pyridine rings is 1. The molecule has 1 aromatic rings. The van der Waals surface area contributed by atoms with Gasteiger partial charge in [0.2, 0.25) is 0 Å². The van der Waals surface area contributed by atoms with E-state index in [9.17, 15) is 5.11 Å². The average Bonchev–Trinajstić information content (AvgIpc) is 2.62. The summed E-state index contributed by atoms with van der Waals surface area (Å²) in [5.74, 6) is -0.833. The highest BCUT2D eigenvalue weighted by Gasteiger charge is 2.43. The van der Waals surface area contributed by atoms with Crippen molar-refractivity contribution >= 4 is 11.7 Å². The minimum absolute atomic E-state index is 0.0159. The Labute approximate surface area is 163 Å². The summed E-state index contributed by atoms with van der Waals surface area (Å²) in [6.45, 7) is 12.0. The van der Waals surface area contributed by atoms with Crippen molar-refractivity contribution in [3.8, 4) is 0 Å². The van der Waals surface area contributed by atoms with Gasteiger partial charge >= 0.3 is 0 Å². The van der Waals surface area contributed by atoms with Crippen LogP contribution in [-0.4, -0.2) is 63.9 Å². The largest absolute Gasteiger partial charge is 0.481 e. The summed E-state index contributed by atoms with van der Waals surface area (Å²) in [5, 5.41) is 18.3. The molecule has 1 saturated carbocycles. The van der Waals surface area contributed by atoms with Crippen molar-refractivity contribution in [1.82, 2.24) is 9.88 Å². The minimum Gasteiger partial charge on any atom is -0.481 e. The third-order valence-electron chi connectivity index (χ3n) is 6.04. The normalized spacial score (nSPS) is 26.9. The van der Waals surface area contributed by atoms with Crippen molar-refractivity contribution in [2.24, 2.45) is 5.41 Å². The van der Waals surface area contributed by atoms with Crippen molar-refractivity contribution in [1.29, 1.82) is 0 Å². The van der Waals surface area contributed by atoms with Crippen LogP contribution in [0.1, 0.15) is 53.4 Å². The van der Waals surface area contributed by atoms with Gasteiger partial charge in [0.15, 0.2) is 0 Å². The van der Waals surface area contributed by atoms with E-state index in [4.69, 9.17) is 9.90 Å². The van der Waals surface area contributed by atoms with Gasteiger partial charge in [-0.15, -0.1) is 0 Å². The maximum atomic E-state index is 10.9. The highest BCUT2D eigenvalue weighted by molar-refractivity contribution is 5.62. The van der Waals surface area contributed by atoms with Crippen LogP contribution in [0, 0.1) is 5.41 Å². The van der Waals surface area contributed by atoms with Crippen molar-refractivity contribution in [2.45, 2.75) is 65.0 Å². The number of aromatic nitrogens is 1. The number of piperazine rings is 1. The summed E-state index contributed by atoms with van der Waals surface area (Å²) in [6, 6.07) is 4.84. The third-order valence-corrected chi connectivity index (χ3v) is 6.04. The van der Waals surface area contributed by atoms with Gasteiger partial charge in [0.05, 0.1) is 5.60 Å². The van der Waals surface area contributed by atoms with Crippen LogP contribution >= 0.6 is 0 Å². The molecule has 6 nitrogen and oxygen atoms in total. The molecule has 2 N–H and O–H groups in total. The molecule has 1 aliphatic heterocycles. The first kappa shape index (κ1) is 21.6. The van der Waals surface area contributed by atoms with Gasteiger partial charge in [0.1, 0.15) is 0 Å². The minimum atomic E-state index is -0.833. The molecule has 2 aliphatic rings. The highest BCUT2D eigenvalue weighted by Crippen LogP contribution is 2.42. The zero-order valence-corrected chi connectivity index (χ0v) is 17.2. The highest BCUT2D eigenvalue weighted by atomic mass is 16.4. The Morgan fingerprint density at radius 1 is 1.11 bits per heavy atom. The summed E-state index contributed by atoms with van der Waals surface area (Å²) in [4.78, 5) is 18.2. The molecule has 2 heterocycles. The number of aliphatic carboxylic acids is 1. The number of hydrogen-bond donors (Lipinski definition) is 2. The van der Waals surface area contributed by atoms with Gasteiger partial charge in [-0.25, -0.2) is 0 Å². The Balaban J connectivity index is 0.000000596. The number of carboxylic acids is 1. The van der Waals surface area contributed by atoms with E-state index in [0.29, 0.717) is 6.04 Å². The quantitative estimate of drug-likeness (QED) is 0.825. The lowest BCUT2D eigenvalue weighted by Crippen LogP contribution is -2.54. The summed E-state index contributed by atoms with van der Waals surface area (Å²) >= 11 is 0. The molecule has 0 radical (unpaired) electrons. The van der Waals surface area contributed by atoms with Crippen LogP contribution in [0.4, 0.5) is 5.69 Å². The number of carbonyl (C=O) groups is 1. The lowest BCUT2D eigenvalue weighted by molar-refractivity contribution is -0.134. The van der Waals surface area contributed by atoms with Crippen LogP contribution in [0.3, 0.4) is 0 Å². The lowest BCUT2D eigenvalue weighted by atomic mass is 9.67. The predicted octanol–water partition coefficient (Wildman–Crippen LogP) is 3.01. The van der Waals surface area contributed by atoms with Gasteiger partial charge in [-0.2, -0.15) is 0 Å². The van der Waals surface area contributed by atoms with Gasteiger partial charge in [0, 0.05) is 57.2 Å². The van der Waals surface area contributed by atoms with Crippen LogP contribution in [0.25, 0.3) is 0 Å². The molecule has 27 heavy (non-hydrogen) atoms. The van der Waals surface area contributed by atoms with Crippen molar-refractivity contribution in [3.05, 3.63) is 24.5 Å². The van der Waals surface area contributed by atoms with E-state index in [-0.39, 0.29) is 5.41 Å². The number of carboxylic acid groups (broad SMARTS) is 1. The smallest absolute Gasteiger partial charge is 0.300 e. The van der Waals surface area contributed by atoms with Crippen molar-refractivity contribution in [3.63, 3.8) is 0 Å². The molecule has 3 rings (SSSR count). The molecule has 1 aliphatic carbocycles. The Bertz CT molecular complexity index is 580. The van der Waals surface area contributed by atoms with E-state index in [1.54, 1.807) is 0 Å². The first-order valence-electron chi connectivity index (χ1n) is 9.93. The monoisotopic (exact) mass is 377 g/mol. The Morgan fingerprint density at radius 2 is 1.59 bits per heavy atom. The first-order chi connectivity index (χ1) is 12.6. The zero-order chi connectivity index (χ0) is 20.1. The molecule has 0 spiro atoms. The number of rotatable bonds is 2. The summed E-state index contributed by atoms with van der Waals surface area (Å²) in [7, 11) is 0. The fourth-order valence-electron chi connectivity index (χ4n) is 4.10. The maximum Gasteiger partial charge on any atom is 0.300 e. The SMILES string of the molecule is CC(=O)O.CC(C)(C)C1(O)CCC(N2CCN(c3ccncc3)CC2)CC1. The lowest BCUT2D eigenvalue weighted by Gasteiger charge is -2.48. The Hall–Kier alpha value is -1.66. The maximum absolute atomic E-state index is 10.9. The van der Waals surface area contributed by atoms with Crippen LogP contribution in [0.15, 0.2) is 24.5 Å². The Kier molecular flexibility index (Phi) is 7.23. The van der Waals surface area contributed by atoms with E-state index in [1.165, 1.54) is 5.69 Å². The van der Waals surface area contributed by atoms with Crippen LogP contribution in [0.5, 0.6) is 0 Å².